The maximum absolute atomic E-state index is 5.20. The van der Waals surface area contributed by atoms with Crippen LogP contribution in [0.5, 0.6) is 0 Å². The molecule has 0 unspecified atom stereocenters. The maximum atomic E-state index is 5.20. The van der Waals surface area contributed by atoms with E-state index in [0.29, 0.717) is 4.99 Å². The molecule has 1 aliphatic carbocycles. The number of hydrogen-bond donors (Lipinski definition) is 1. The quantitative estimate of drug-likeness (QED) is 0.488. The summed E-state index contributed by atoms with van der Waals surface area (Å²) in [5, 5.41) is 4.11. The minimum Gasteiger partial charge on any atom is -0.268 e. The highest BCUT2D eigenvalue weighted by Gasteiger charge is 1.99. The first-order valence-corrected chi connectivity index (χ1v) is 5.50. The predicted molar refractivity (Wildman–Crippen MR) is 71.5 cm³/mol. The summed E-state index contributed by atoms with van der Waals surface area (Å²) in [6.45, 7) is 0. The van der Waals surface area contributed by atoms with E-state index in [0.717, 1.165) is 5.56 Å². The Morgan fingerprint density at radius 3 is 2.56 bits per heavy atom. The van der Waals surface area contributed by atoms with E-state index in [-0.39, 0.29) is 5.92 Å². The maximum Gasteiger partial charge on any atom is 0.126 e. The summed E-state index contributed by atoms with van der Waals surface area (Å²) in [7, 11) is 0. The Labute approximate surface area is 100 Å². The average Bonchev–Trinajstić information content (AvgIpc) is 2.83. The lowest BCUT2D eigenvalue weighted by atomic mass is 10.2. The summed E-state index contributed by atoms with van der Waals surface area (Å²) in [6.07, 6.45) is 9.97. The normalized spacial score (nSPS) is 14.8. The fraction of sp³-hybridized carbons (Fsp3) is 0.0769. The van der Waals surface area contributed by atoms with Gasteiger partial charge in [0.15, 0.2) is 0 Å². The first kappa shape index (κ1) is 10.8. The second kappa shape index (κ2) is 5.37. The van der Waals surface area contributed by atoms with Crippen LogP contribution < -0.4 is 5.43 Å². The Balaban J connectivity index is 1.89. The molecule has 0 bridgehead atoms. The van der Waals surface area contributed by atoms with Crippen molar-refractivity contribution in [3.8, 4) is 0 Å². The second-order valence-corrected chi connectivity index (χ2v) is 3.84. The average molecular weight is 228 g/mol. The summed E-state index contributed by atoms with van der Waals surface area (Å²) >= 11 is 5.20. The molecule has 80 valence electrons. The van der Waals surface area contributed by atoms with Crippen LogP contribution in [0.25, 0.3) is 0 Å². The van der Waals surface area contributed by atoms with Crippen LogP contribution in [-0.2, 0) is 0 Å². The minimum absolute atomic E-state index is 0.283. The van der Waals surface area contributed by atoms with E-state index in [4.69, 9.17) is 12.2 Å². The van der Waals surface area contributed by atoms with Gasteiger partial charge in [-0.1, -0.05) is 66.9 Å². The Hall–Kier alpha value is -1.74. The fourth-order valence-electron chi connectivity index (χ4n) is 1.38. The minimum atomic E-state index is 0.283. The number of allylic oxidation sites excluding steroid dienone is 4. The third-order valence-electron chi connectivity index (χ3n) is 2.23. The molecule has 0 radical (unpaired) electrons. The lowest BCUT2D eigenvalue weighted by molar-refractivity contribution is 1.02. The van der Waals surface area contributed by atoms with Gasteiger partial charge in [0.25, 0.3) is 0 Å². The summed E-state index contributed by atoms with van der Waals surface area (Å²) in [5.41, 5.74) is 3.84. The van der Waals surface area contributed by atoms with Crippen LogP contribution in [0.1, 0.15) is 5.56 Å². The van der Waals surface area contributed by atoms with Crippen molar-refractivity contribution >= 4 is 23.4 Å². The molecule has 0 saturated heterocycles. The fourth-order valence-corrected chi connectivity index (χ4v) is 1.57. The molecule has 2 rings (SSSR count). The van der Waals surface area contributed by atoms with Gasteiger partial charge >= 0.3 is 0 Å². The zero-order valence-electron chi connectivity index (χ0n) is 8.71. The Morgan fingerprint density at radius 1 is 1.19 bits per heavy atom. The molecule has 2 nitrogen and oxygen atoms in total. The summed E-state index contributed by atoms with van der Waals surface area (Å²) in [4.78, 5) is 0.641. The molecular formula is C13H12N2S. The molecular weight excluding hydrogens is 216 g/mol. The molecule has 0 heterocycles. The monoisotopic (exact) mass is 228 g/mol. The van der Waals surface area contributed by atoms with Gasteiger partial charge < -0.3 is 0 Å². The van der Waals surface area contributed by atoms with Gasteiger partial charge in [-0.3, -0.25) is 5.43 Å². The van der Waals surface area contributed by atoms with Crippen LogP contribution in [0.15, 0.2) is 59.7 Å². The van der Waals surface area contributed by atoms with E-state index in [1.165, 1.54) is 0 Å². The predicted octanol–water partition coefficient (Wildman–Crippen LogP) is 2.68. The summed E-state index contributed by atoms with van der Waals surface area (Å²) in [5.74, 6) is 0.283. The van der Waals surface area contributed by atoms with Gasteiger partial charge in [0, 0.05) is 17.7 Å². The van der Waals surface area contributed by atoms with Crippen LogP contribution in [0, 0.1) is 5.92 Å². The highest BCUT2D eigenvalue weighted by Crippen LogP contribution is 2.05. The van der Waals surface area contributed by atoms with Gasteiger partial charge in [-0.25, -0.2) is 0 Å². The lowest BCUT2D eigenvalue weighted by Crippen LogP contribution is -2.16. The first-order valence-electron chi connectivity index (χ1n) is 5.10. The van der Waals surface area contributed by atoms with Crippen molar-refractivity contribution in [2.24, 2.45) is 11.0 Å². The molecule has 0 spiro atoms. The van der Waals surface area contributed by atoms with Gasteiger partial charge in [0.2, 0.25) is 0 Å². The molecule has 0 fully saturated rings. The number of nitrogens with zero attached hydrogens (tertiary/aromatic N) is 1. The van der Waals surface area contributed by atoms with Crippen molar-refractivity contribution < 1.29 is 0 Å². The Bertz CT molecular complexity index is 434. The van der Waals surface area contributed by atoms with Crippen LogP contribution in [-0.4, -0.2) is 11.2 Å². The molecule has 0 atom stereocenters. The van der Waals surface area contributed by atoms with E-state index in [9.17, 15) is 0 Å². The highest BCUT2D eigenvalue weighted by atomic mass is 32.1. The van der Waals surface area contributed by atoms with Crippen molar-refractivity contribution in [2.75, 3.05) is 0 Å². The molecule has 3 heteroatoms. The van der Waals surface area contributed by atoms with Gasteiger partial charge in [-0.05, 0) is 0 Å². The van der Waals surface area contributed by atoms with Crippen LogP contribution in [0.4, 0.5) is 0 Å². The summed E-state index contributed by atoms with van der Waals surface area (Å²) < 4.78 is 0. The van der Waals surface area contributed by atoms with Gasteiger partial charge in [-0.2, -0.15) is 5.10 Å². The third kappa shape index (κ3) is 2.87. The summed E-state index contributed by atoms with van der Waals surface area (Å²) in [6, 6.07) is 9.79. The van der Waals surface area contributed by atoms with Gasteiger partial charge in [0.05, 0.1) is 0 Å². The molecule has 0 amide bonds. The van der Waals surface area contributed by atoms with Crippen LogP contribution >= 0.6 is 12.2 Å². The topological polar surface area (TPSA) is 24.4 Å². The number of thiocarbonyl (C=S) groups is 1. The van der Waals surface area contributed by atoms with Crippen molar-refractivity contribution in [3.05, 3.63) is 60.2 Å². The molecule has 1 aromatic carbocycles. The van der Waals surface area contributed by atoms with E-state index >= 15 is 0 Å². The lowest BCUT2D eigenvalue weighted by Gasteiger charge is -2.02. The number of hydrazone groups is 1. The zero-order chi connectivity index (χ0) is 11.2. The first-order chi connectivity index (χ1) is 7.86. The van der Waals surface area contributed by atoms with Crippen molar-refractivity contribution in [1.82, 2.24) is 5.43 Å². The molecule has 0 saturated carbocycles. The van der Waals surface area contributed by atoms with Crippen molar-refractivity contribution in [3.63, 3.8) is 0 Å². The van der Waals surface area contributed by atoms with Gasteiger partial charge in [0.1, 0.15) is 4.99 Å². The second-order valence-electron chi connectivity index (χ2n) is 3.43. The number of rotatable bonds is 3. The number of benzene rings is 1. The van der Waals surface area contributed by atoms with Crippen LogP contribution in [0.3, 0.4) is 0 Å². The smallest absolute Gasteiger partial charge is 0.126 e. The van der Waals surface area contributed by atoms with Crippen molar-refractivity contribution in [1.29, 1.82) is 0 Å². The Morgan fingerprint density at radius 2 is 1.88 bits per heavy atom. The highest BCUT2D eigenvalue weighted by molar-refractivity contribution is 7.80. The van der Waals surface area contributed by atoms with E-state index < -0.39 is 0 Å². The van der Waals surface area contributed by atoms with Crippen LogP contribution in [0.2, 0.25) is 0 Å². The van der Waals surface area contributed by atoms with E-state index in [1.54, 1.807) is 0 Å². The zero-order valence-corrected chi connectivity index (χ0v) is 9.52. The molecule has 1 aromatic rings. The number of hydrogen-bond acceptors (Lipinski definition) is 2. The van der Waals surface area contributed by atoms with E-state index in [1.807, 2.05) is 48.7 Å². The SMILES string of the molecule is S=C(NN=CC1C=CC=C1)c1ccccc1. The molecule has 1 N–H and O–H groups in total. The largest absolute Gasteiger partial charge is 0.268 e. The molecule has 1 aliphatic rings. The van der Waals surface area contributed by atoms with E-state index in [2.05, 4.69) is 22.7 Å². The molecule has 0 aliphatic heterocycles. The number of nitrogens with one attached hydrogen (secondary N) is 1. The van der Waals surface area contributed by atoms with Crippen molar-refractivity contribution in [2.45, 2.75) is 0 Å². The van der Waals surface area contributed by atoms with Gasteiger partial charge in [-0.15, -0.1) is 0 Å². The molecule has 0 aromatic heterocycles. The third-order valence-corrected chi connectivity index (χ3v) is 2.55. The Kier molecular flexibility index (Phi) is 3.62. The molecule has 16 heavy (non-hydrogen) atoms. The standard InChI is InChI=1S/C13H12N2S/c16-13(12-8-2-1-3-9-12)15-14-10-11-6-4-5-7-11/h1-11H,(H,15,16).